The van der Waals surface area contributed by atoms with Gasteiger partial charge in [0, 0.05) is 26.2 Å². The lowest BCUT2D eigenvalue weighted by Crippen LogP contribution is -2.30. The van der Waals surface area contributed by atoms with Gasteiger partial charge in [0.05, 0.1) is 10.4 Å². The third-order valence-corrected chi connectivity index (χ3v) is 5.84. The zero-order chi connectivity index (χ0) is 15.2. The van der Waals surface area contributed by atoms with E-state index < -0.39 is 15.8 Å². The molecule has 0 bridgehead atoms. The summed E-state index contributed by atoms with van der Waals surface area (Å²) < 4.78 is 33.0. The van der Waals surface area contributed by atoms with Crippen LogP contribution >= 0.6 is 0 Å². The Balaban J connectivity index is 2.01. The number of hydrogen-bond acceptors (Lipinski definition) is 5. The molecular weight excluding hydrogens is 294 g/mol. The summed E-state index contributed by atoms with van der Waals surface area (Å²) in [6.45, 7) is 1.40. The summed E-state index contributed by atoms with van der Waals surface area (Å²) in [5.41, 5.74) is 6.44. The van der Waals surface area contributed by atoms with Crippen molar-refractivity contribution in [2.75, 3.05) is 19.6 Å². The fourth-order valence-corrected chi connectivity index (χ4v) is 4.18. The molecule has 0 radical (unpaired) electrons. The number of aromatic nitrogens is 1. The minimum atomic E-state index is -3.57. The van der Waals surface area contributed by atoms with E-state index in [0.717, 1.165) is 6.42 Å². The van der Waals surface area contributed by atoms with Crippen molar-refractivity contribution < 1.29 is 12.8 Å². The highest BCUT2D eigenvalue weighted by atomic mass is 32.2. The second-order valence-electron chi connectivity index (χ2n) is 5.31. The molecule has 3 rings (SSSR count). The number of hydrogen-bond donors (Lipinski definition) is 1. The van der Waals surface area contributed by atoms with Gasteiger partial charge in [0.25, 0.3) is 0 Å². The van der Waals surface area contributed by atoms with Crippen LogP contribution in [0.1, 0.15) is 6.42 Å². The summed E-state index contributed by atoms with van der Waals surface area (Å²) in [5, 5.41) is 0. The third-order valence-electron chi connectivity index (χ3n) is 3.98. The molecule has 1 aromatic carbocycles. The van der Waals surface area contributed by atoms with E-state index in [1.807, 2.05) is 0 Å². The molecule has 2 aromatic rings. The highest BCUT2D eigenvalue weighted by molar-refractivity contribution is 7.89. The molecule has 2 heterocycles. The minimum absolute atomic E-state index is 0.141. The van der Waals surface area contributed by atoms with Gasteiger partial charge in [-0.15, -0.1) is 0 Å². The SMILES string of the molecule is Cn1c(=O)oc2cc(S(=O)(=O)N3CCC(CN)C3)ccc21. The number of oxazole rings is 1. The van der Waals surface area contributed by atoms with E-state index in [1.54, 1.807) is 13.1 Å². The van der Waals surface area contributed by atoms with Crippen LogP contribution in [0, 0.1) is 5.92 Å². The van der Waals surface area contributed by atoms with Gasteiger partial charge in [-0.05, 0) is 31.0 Å². The van der Waals surface area contributed by atoms with E-state index in [-0.39, 0.29) is 16.4 Å². The molecule has 7 nitrogen and oxygen atoms in total. The Hall–Kier alpha value is -1.64. The van der Waals surface area contributed by atoms with Crippen molar-refractivity contribution in [3.63, 3.8) is 0 Å². The van der Waals surface area contributed by atoms with E-state index in [2.05, 4.69) is 0 Å². The Labute approximate surface area is 122 Å². The smallest absolute Gasteiger partial charge is 0.408 e. The zero-order valence-electron chi connectivity index (χ0n) is 11.7. The molecule has 0 spiro atoms. The predicted octanol–water partition coefficient (Wildman–Crippen LogP) is 0.101. The van der Waals surface area contributed by atoms with Crippen LogP contribution in [0.4, 0.5) is 0 Å². The number of benzene rings is 1. The van der Waals surface area contributed by atoms with E-state index in [4.69, 9.17) is 10.2 Å². The van der Waals surface area contributed by atoms with Gasteiger partial charge in [-0.2, -0.15) is 4.31 Å². The average molecular weight is 311 g/mol. The Kier molecular flexibility index (Phi) is 3.39. The maximum absolute atomic E-state index is 12.6. The van der Waals surface area contributed by atoms with Gasteiger partial charge < -0.3 is 10.2 Å². The third kappa shape index (κ3) is 2.29. The molecule has 1 saturated heterocycles. The van der Waals surface area contributed by atoms with Gasteiger partial charge in [-0.25, -0.2) is 13.2 Å². The Bertz CT molecular complexity index is 837. The molecule has 0 aliphatic carbocycles. The fraction of sp³-hybridized carbons (Fsp3) is 0.462. The van der Waals surface area contributed by atoms with Crippen molar-refractivity contribution in [1.29, 1.82) is 0 Å². The molecule has 0 amide bonds. The molecule has 1 atom stereocenters. The van der Waals surface area contributed by atoms with Gasteiger partial charge in [-0.3, -0.25) is 4.57 Å². The van der Waals surface area contributed by atoms with Gasteiger partial charge in [-0.1, -0.05) is 0 Å². The first-order chi connectivity index (χ1) is 9.93. The van der Waals surface area contributed by atoms with Crippen molar-refractivity contribution in [3.8, 4) is 0 Å². The van der Waals surface area contributed by atoms with Crippen LogP contribution in [0.3, 0.4) is 0 Å². The predicted molar refractivity (Wildman–Crippen MR) is 77.4 cm³/mol. The summed E-state index contributed by atoms with van der Waals surface area (Å²) in [5.74, 6) is -0.304. The van der Waals surface area contributed by atoms with Gasteiger partial charge in [0.2, 0.25) is 10.0 Å². The van der Waals surface area contributed by atoms with E-state index in [1.165, 1.54) is 21.0 Å². The topological polar surface area (TPSA) is 98.5 Å². The summed E-state index contributed by atoms with van der Waals surface area (Å²) in [6.07, 6.45) is 0.776. The molecule has 1 aromatic heterocycles. The Morgan fingerprint density at radius 2 is 2.19 bits per heavy atom. The molecule has 1 fully saturated rings. The van der Waals surface area contributed by atoms with E-state index in [9.17, 15) is 13.2 Å². The van der Waals surface area contributed by atoms with Crippen LogP contribution in [-0.2, 0) is 17.1 Å². The molecule has 0 saturated carbocycles. The van der Waals surface area contributed by atoms with Crippen molar-refractivity contribution >= 4 is 21.1 Å². The van der Waals surface area contributed by atoms with E-state index >= 15 is 0 Å². The second kappa shape index (κ2) is 4.97. The maximum Gasteiger partial charge on any atom is 0.419 e. The Morgan fingerprint density at radius 3 is 2.86 bits per heavy atom. The van der Waals surface area contributed by atoms with Crippen LogP contribution in [0.25, 0.3) is 11.1 Å². The fourth-order valence-electron chi connectivity index (χ4n) is 2.63. The molecule has 2 N–H and O–H groups in total. The molecule has 8 heteroatoms. The zero-order valence-corrected chi connectivity index (χ0v) is 12.5. The lowest BCUT2D eigenvalue weighted by atomic mass is 10.1. The van der Waals surface area contributed by atoms with E-state index in [0.29, 0.717) is 25.2 Å². The number of nitrogens with zero attached hydrogens (tertiary/aromatic N) is 2. The number of rotatable bonds is 3. The molecule has 114 valence electrons. The molecular formula is C13H17N3O4S. The Morgan fingerprint density at radius 1 is 1.43 bits per heavy atom. The van der Waals surface area contributed by atoms with Crippen LogP contribution in [0.15, 0.2) is 32.3 Å². The lowest BCUT2D eigenvalue weighted by Gasteiger charge is -2.16. The van der Waals surface area contributed by atoms with Crippen LogP contribution in [0.2, 0.25) is 0 Å². The largest absolute Gasteiger partial charge is 0.419 e. The van der Waals surface area contributed by atoms with Gasteiger partial charge in [0.15, 0.2) is 5.58 Å². The highest BCUT2D eigenvalue weighted by Crippen LogP contribution is 2.25. The maximum atomic E-state index is 12.6. The van der Waals surface area contributed by atoms with Gasteiger partial charge >= 0.3 is 5.76 Å². The van der Waals surface area contributed by atoms with Crippen molar-refractivity contribution in [3.05, 3.63) is 28.7 Å². The van der Waals surface area contributed by atoms with Crippen molar-refractivity contribution in [1.82, 2.24) is 8.87 Å². The monoisotopic (exact) mass is 311 g/mol. The summed E-state index contributed by atoms with van der Waals surface area (Å²) in [6, 6.07) is 4.49. The van der Waals surface area contributed by atoms with Crippen molar-refractivity contribution in [2.24, 2.45) is 18.7 Å². The number of fused-ring (bicyclic) bond motifs is 1. The summed E-state index contributed by atoms with van der Waals surface area (Å²) >= 11 is 0. The van der Waals surface area contributed by atoms with Crippen LogP contribution < -0.4 is 11.5 Å². The summed E-state index contributed by atoms with van der Waals surface area (Å²) in [4.78, 5) is 11.6. The molecule has 1 aliphatic rings. The van der Waals surface area contributed by atoms with Crippen molar-refractivity contribution in [2.45, 2.75) is 11.3 Å². The number of sulfonamides is 1. The quantitative estimate of drug-likeness (QED) is 0.867. The molecule has 1 unspecified atom stereocenters. The van der Waals surface area contributed by atoms with Crippen LogP contribution in [0.5, 0.6) is 0 Å². The lowest BCUT2D eigenvalue weighted by molar-refractivity contribution is 0.459. The first-order valence-corrected chi connectivity index (χ1v) is 8.17. The van der Waals surface area contributed by atoms with Gasteiger partial charge in [0.1, 0.15) is 0 Å². The first-order valence-electron chi connectivity index (χ1n) is 6.73. The summed E-state index contributed by atoms with van der Waals surface area (Å²) in [7, 11) is -1.99. The molecule has 21 heavy (non-hydrogen) atoms. The highest BCUT2D eigenvalue weighted by Gasteiger charge is 2.32. The average Bonchev–Trinajstić information content (AvgIpc) is 3.05. The standard InChI is InChI=1S/C13H17N3O4S/c1-15-11-3-2-10(6-12(11)20-13(15)17)21(18,19)16-5-4-9(7-14)8-16/h2-3,6,9H,4-5,7-8,14H2,1H3. The second-order valence-corrected chi connectivity index (χ2v) is 7.25. The number of aryl methyl sites for hydroxylation is 1. The molecule has 1 aliphatic heterocycles. The minimum Gasteiger partial charge on any atom is -0.408 e. The first kappa shape index (κ1) is 14.3. The van der Waals surface area contributed by atoms with Crippen LogP contribution in [-0.4, -0.2) is 36.9 Å². The normalized spacial score (nSPS) is 20.4. The number of nitrogens with two attached hydrogens (primary N) is 1.